The molecule has 0 N–H and O–H groups in total. The van der Waals surface area contributed by atoms with E-state index in [2.05, 4.69) is 20.8 Å². The summed E-state index contributed by atoms with van der Waals surface area (Å²) in [4.78, 5) is 37.5. The van der Waals surface area contributed by atoms with E-state index in [1.807, 2.05) is 6.08 Å². The van der Waals surface area contributed by atoms with E-state index in [-0.39, 0.29) is 51.9 Å². The van der Waals surface area contributed by atoms with Gasteiger partial charge >= 0.3 is 11.9 Å². The van der Waals surface area contributed by atoms with Crippen LogP contribution >= 0.6 is 0 Å². The van der Waals surface area contributed by atoms with E-state index < -0.39 is 0 Å². The largest absolute Gasteiger partial charge is 0.469 e. The number of ketones is 1. The van der Waals surface area contributed by atoms with Crippen molar-refractivity contribution in [2.75, 3.05) is 7.11 Å². The maximum atomic E-state index is 13.1. The van der Waals surface area contributed by atoms with Gasteiger partial charge in [0.1, 0.15) is 5.60 Å². The summed E-state index contributed by atoms with van der Waals surface area (Å²) < 4.78 is 11.4. The van der Waals surface area contributed by atoms with Crippen molar-refractivity contribution in [2.24, 2.45) is 40.4 Å². The Labute approximate surface area is 178 Å². The van der Waals surface area contributed by atoms with E-state index in [9.17, 15) is 14.4 Å². The molecule has 5 aliphatic rings. The molecule has 8 atom stereocenters. The number of hydrogen-bond acceptors (Lipinski definition) is 5. The second-order valence-corrected chi connectivity index (χ2v) is 11.1. The Morgan fingerprint density at radius 3 is 2.47 bits per heavy atom. The number of allylic oxidation sites excluding steroid dienone is 1. The number of carbonyl (C=O) groups excluding carboxylic acids is 3. The highest BCUT2D eigenvalue weighted by Crippen LogP contribution is 2.71. The van der Waals surface area contributed by atoms with Crippen molar-refractivity contribution >= 4 is 17.7 Å². The van der Waals surface area contributed by atoms with Gasteiger partial charge in [-0.1, -0.05) is 26.3 Å². The quantitative estimate of drug-likeness (QED) is 0.600. The molecule has 0 radical (unpaired) electrons. The monoisotopic (exact) mass is 414 g/mol. The Bertz CT molecular complexity index is 844. The fourth-order valence-electron chi connectivity index (χ4n) is 8.75. The molecule has 5 nitrogen and oxygen atoms in total. The Kier molecular flexibility index (Phi) is 4.34. The first-order chi connectivity index (χ1) is 14.2. The summed E-state index contributed by atoms with van der Waals surface area (Å²) in [7, 11) is 1.48. The van der Waals surface area contributed by atoms with Gasteiger partial charge in [0, 0.05) is 18.3 Å². The van der Waals surface area contributed by atoms with Crippen LogP contribution < -0.4 is 0 Å². The SMILES string of the molecule is COC(=O)[C@H]1[C@@H]2[C@H](CC[C@@]3(C)[C@H]2CC[C@@]32CCC(=O)O2)[C@@]2(C)CCC(=O)C=C2[C@H]1C. The summed E-state index contributed by atoms with van der Waals surface area (Å²) in [5, 5.41) is 0. The van der Waals surface area contributed by atoms with Crippen molar-refractivity contribution < 1.29 is 23.9 Å². The second kappa shape index (κ2) is 6.43. The zero-order valence-corrected chi connectivity index (χ0v) is 18.7. The number of fused-ring (bicyclic) bond motifs is 6. The van der Waals surface area contributed by atoms with Gasteiger partial charge in [-0.25, -0.2) is 0 Å². The molecule has 5 rings (SSSR count). The Balaban J connectivity index is 1.61. The maximum Gasteiger partial charge on any atom is 0.309 e. The minimum Gasteiger partial charge on any atom is -0.469 e. The van der Waals surface area contributed by atoms with E-state index in [0.717, 1.165) is 38.5 Å². The lowest BCUT2D eigenvalue weighted by molar-refractivity contribution is -0.181. The summed E-state index contributed by atoms with van der Waals surface area (Å²) in [5.74, 6) is 0.651. The van der Waals surface area contributed by atoms with Gasteiger partial charge in [0.2, 0.25) is 0 Å². The van der Waals surface area contributed by atoms with Crippen LogP contribution in [0.25, 0.3) is 0 Å². The normalized spacial score (nSPS) is 49.7. The molecule has 0 aromatic rings. The lowest BCUT2D eigenvalue weighted by Crippen LogP contribution is -2.60. The third-order valence-corrected chi connectivity index (χ3v) is 10.3. The van der Waals surface area contributed by atoms with E-state index in [4.69, 9.17) is 9.47 Å². The molecule has 0 amide bonds. The number of carbonyl (C=O) groups is 3. The van der Waals surface area contributed by atoms with Gasteiger partial charge in [0.15, 0.2) is 5.78 Å². The highest BCUT2D eigenvalue weighted by molar-refractivity contribution is 5.92. The molecule has 5 heteroatoms. The first-order valence-corrected chi connectivity index (χ1v) is 11.7. The summed E-state index contributed by atoms with van der Waals surface area (Å²) in [6.07, 6.45) is 8.59. The number of esters is 2. The summed E-state index contributed by atoms with van der Waals surface area (Å²) in [6.45, 7) is 6.76. The maximum absolute atomic E-state index is 13.1. The first kappa shape index (κ1) is 20.3. The van der Waals surface area contributed by atoms with E-state index in [1.54, 1.807) is 0 Å². The van der Waals surface area contributed by atoms with Crippen molar-refractivity contribution in [3.63, 3.8) is 0 Å². The smallest absolute Gasteiger partial charge is 0.309 e. The Morgan fingerprint density at radius 2 is 1.80 bits per heavy atom. The first-order valence-electron chi connectivity index (χ1n) is 11.7. The molecule has 0 aromatic heterocycles. The van der Waals surface area contributed by atoms with Crippen molar-refractivity contribution in [2.45, 2.75) is 77.7 Å². The predicted molar refractivity (Wildman–Crippen MR) is 110 cm³/mol. The second-order valence-electron chi connectivity index (χ2n) is 11.1. The molecule has 1 heterocycles. The van der Waals surface area contributed by atoms with Crippen molar-refractivity contribution in [3.8, 4) is 0 Å². The summed E-state index contributed by atoms with van der Waals surface area (Å²) in [5.41, 5.74) is 0.683. The number of hydrogen-bond donors (Lipinski definition) is 0. The topological polar surface area (TPSA) is 69.7 Å². The predicted octanol–water partition coefficient (Wildman–Crippen LogP) is 4.24. The fraction of sp³-hybridized carbons (Fsp3) is 0.800. The lowest BCUT2D eigenvalue weighted by Gasteiger charge is -2.62. The van der Waals surface area contributed by atoms with Gasteiger partial charge in [0.25, 0.3) is 0 Å². The molecule has 1 aliphatic heterocycles. The standard InChI is InChI=1S/C25H34O5/c1-14-18-13-15(26)5-9-23(18,2)16-6-10-24(3)17(21(16)20(14)22(28)29-4)7-11-25(24)12-8-19(27)30-25/h13-14,16-17,20-21H,5-12H2,1-4H3/t14-,16+,17+,20-,21-,23-,24+,25-/m1/s1. The lowest BCUT2D eigenvalue weighted by atomic mass is 9.42. The van der Waals surface area contributed by atoms with Crippen LogP contribution in [0.2, 0.25) is 0 Å². The van der Waals surface area contributed by atoms with E-state index in [1.165, 1.54) is 12.7 Å². The van der Waals surface area contributed by atoms with Crippen LogP contribution in [0.3, 0.4) is 0 Å². The third kappa shape index (κ3) is 2.38. The van der Waals surface area contributed by atoms with Crippen LogP contribution in [-0.4, -0.2) is 30.4 Å². The van der Waals surface area contributed by atoms with E-state index >= 15 is 0 Å². The van der Waals surface area contributed by atoms with Crippen LogP contribution in [0.5, 0.6) is 0 Å². The van der Waals surface area contributed by atoms with Crippen LogP contribution in [0.1, 0.15) is 72.1 Å². The van der Waals surface area contributed by atoms with E-state index in [0.29, 0.717) is 24.7 Å². The summed E-state index contributed by atoms with van der Waals surface area (Å²) in [6, 6.07) is 0. The molecular formula is C25H34O5. The third-order valence-electron chi connectivity index (χ3n) is 10.3. The Morgan fingerprint density at radius 1 is 1.07 bits per heavy atom. The summed E-state index contributed by atoms with van der Waals surface area (Å²) >= 11 is 0. The molecule has 1 saturated heterocycles. The van der Waals surface area contributed by atoms with Crippen LogP contribution in [0.4, 0.5) is 0 Å². The average molecular weight is 415 g/mol. The molecular weight excluding hydrogens is 380 g/mol. The van der Waals surface area contributed by atoms with Crippen LogP contribution in [0.15, 0.2) is 11.6 Å². The van der Waals surface area contributed by atoms with Crippen molar-refractivity contribution in [1.82, 2.24) is 0 Å². The van der Waals surface area contributed by atoms with Crippen LogP contribution in [0, 0.1) is 40.4 Å². The van der Waals surface area contributed by atoms with Crippen molar-refractivity contribution in [3.05, 3.63) is 11.6 Å². The zero-order valence-electron chi connectivity index (χ0n) is 18.7. The number of rotatable bonds is 1. The molecule has 4 fully saturated rings. The average Bonchev–Trinajstić information content (AvgIpc) is 3.23. The molecule has 0 unspecified atom stereocenters. The minimum atomic E-state index is -0.358. The molecule has 0 aromatic carbocycles. The molecule has 164 valence electrons. The molecule has 0 bridgehead atoms. The van der Waals surface area contributed by atoms with Gasteiger partial charge < -0.3 is 9.47 Å². The highest BCUT2D eigenvalue weighted by atomic mass is 16.6. The fourth-order valence-corrected chi connectivity index (χ4v) is 8.75. The molecule has 3 saturated carbocycles. The number of methoxy groups -OCH3 is 1. The zero-order chi connectivity index (χ0) is 21.5. The minimum absolute atomic E-state index is 0.00187. The van der Waals surface area contributed by atoms with Gasteiger partial charge in [-0.15, -0.1) is 0 Å². The Hall–Kier alpha value is -1.65. The van der Waals surface area contributed by atoms with Gasteiger partial charge in [-0.05, 0) is 73.7 Å². The van der Waals surface area contributed by atoms with Gasteiger partial charge in [0.05, 0.1) is 13.0 Å². The van der Waals surface area contributed by atoms with Gasteiger partial charge in [-0.3, -0.25) is 14.4 Å². The van der Waals surface area contributed by atoms with Crippen LogP contribution in [-0.2, 0) is 23.9 Å². The number of ether oxygens (including phenoxy) is 2. The molecule has 1 spiro atoms. The molecule has 4 aliphatic carbocycles. The van der Waals surface area contributed by atoms with Gasteiger partial charge in [-0.2, -0.15) is 0 Å². The van der Waals surface area contributed by atoms with Crippen molar-refractivity contribution in [1.29, 1.82) is 0 Å². The highest BCUT2D eigenvalue weighted by Gasteiger charge is 2.69. The molecule has 30 heavy (non-hydrogen) atoms.